The number of nitrogens with zero attached hydrogens (tertiary/aromatic N) is 1. The quantitative estimate of drug-likeness (QED) is 0.740. The molecule has 0 aromatic heterocycles. The first-order chi connectivity index (χ1) is 11.0. The van der Waals surface area contributed by atoms with Gasteiger partial charge in [0, 0.05) is 12.6 Å². The van der Waals surface area contributed by atoms with Crippen molar-refractivity contribution < 1.29 is 32.3 Å². The molecular formula is C15H18F4N2O3. The second kappa shape index (κ2) is 8.09. The van der Waals surface area contributed by atoms with E-state index in [1.807, 2.05) is 0 Å². The summed E-state index contributed by atoms with van der Waals surface area (Å²) in [6, 6.07) is 1.97. The summed E-state index contributed by atoms with van der Waals surface area (Å²) in [5.41, 5.74) is -1.43. The Balaban J connectivity index is 2.75. The van der Waals surface area contributed by atoms with Gasteiger partial charge in [0.2, 0.25) is 5.91 Å². The van der Waals surface area contributed by atoms with Crippen LogP contribution in [-0.4, -0.2) is 41.0 Å². The van der Waals surface area contributed by atoms with Gasteiger partial charge in [0.15, 0.2) is 0 Å². The second-order valence-electron chi connectivity index (χ2n) is 5.47. The van der Waals surface area contributed by atoms with E-state index in [1.54, 1.807) is 13.8 Å². The van der Waals surface area contributed by atoms with Crippen LogP contribution in [0.2, 0.25) is 0 Å². The van der Waals surface area contributed by atoms with Crippen LogP contribution in [0.4, 0.5) is 17.6 Å². The van der Waals surface area contributed by atoms with Gasteiger partial charge in [0.05, 0.1) is 18.7 Å². The molecule has 1 rings (SSSR count). The van der Waals surface area contributed by atoms with Crippen LogP contribution >= 0.6 is 0 Å². The average Bonchev–Trinajstić information content (AvgIpc) is 2.43. The Morgan fingerprint density at radius 2 is 1.88 bits per heavy atom. The summed E-state index contributed by atoms with van der Waals surface area (Å²) >= 11 is 0. The Hall–Kier alpha value is -2.16. The molecule has 1 aromatic rings. The lowest BCUT2D eigenvalue weighted by Gasteiger charge is -2.23. The van der Waals surface area contributed by atoms with E-state index in [2.05, 4.69) is 5.32 Å². The van der Waals surface area contributed by atoms with E-state index in [-0.39, 0.29) is 24.7 Å². The fraction of sp³-hybridized carbons (Fsp3) is 0.467. The Morgan fingerprint density at radius 3 is 2.38 bits per heavy atom. The molecule has 9 heteroatoms. The first kappa shape index (κ1) is 19.9. The van der Waals surface area contributed by atoms with Crippen molar-refractivity contribution in [1.29, 1.82) is 0 Å². The lowest BCUT2D eigenvalue weighted by Crippen LogP contribution is -2.43. The summed E-state index contributed by atoms with van der Waals surface area (Å²) < 4.78 is 51.6. The van der Waals surface area contributed by atoms with Crippen molar-refractivity contribution in [3.63, 3.8) is 0 Å². The van der Waals surface area contributed by atoms with Crippen LogP contribution in [0, 0.1) is 5.82 Å². The van der Waals surface area contributed by atoms with Crippen LogP contribution < -0.4 is 5.32 Å². The molecule has 2 N–H and O–H groups in total. The van der Waals surface area contributed by atoms with E-state index < -0.39 is 36.0 Å². The molecule has 0 saturated carbocycles. The van der Waals surface area contributed by atoms with Crippen molar-refractivity contribution in [3.8, 4) is 0 Å². The summed E-state index contributed by atoms with van der Waals surface area (Å²) in [5.74, 6) is -2.76. The number of carboxylic acid groups (broad SMARTS) is 1. The van der Waals surface area contributed by atoms with Crippen molar-refractivity contribution >= 4 is 11.9 Å². The zero-order valence-electron chi connectivity index (χ0n) is 13.2. The number of halogens is 4. The SMILES string of the molecule is CC(C)N(CC(=O)O)CC(=O)NCc1ccc(F)cc1C(F)(F)F. The largest absolute Gasteiger partial charge is 0.480 e. The number of aliphatic carboxylic acids is 1. The predicted octanol–water partition coefficient (Wildman–Crippen LogP) is 2.26. The lowest BCUT2D eigenvalue weighted by molar-refractivity contribution is -0.140. The topological polar surface area (TPSA) is 69.6 Å². The van der Waals surface area contributed by atoms with Gasteiger partial charge >= 0.3 is 12.1 Å². The molecular weight excluding hydrogens is 332 g/mol. The summed E-state index contributed by atoms with van der Waals surface area (Å²) in [7, 11) is 0. The number of hydrogen-bond donors (Lipinski definition) is 2. The van der Waals surface area contributed by atoms with Crippen LogP contribution in [0.3, 0.4) is 0 Å². The highest BCUT2D eigenvalue weighted by molar-refractivity contribution is 5.79. The number of rotatable bonds is 7. The molecule has 0 fully saturated rings. The number of hydrogen-bond acceptors (Lipinski definition) is 3. The third-order valence-corrected chi connectivity index (χ3v) is 3.27. The molecule has 0 aliphatic heterocycles. The minimum absolute atomic E-state index is 0.233. The van der Waals surface area contributed by atoms with Crippen molar-refractivity contribution in [1.82, 2.24) is 10.2 Å². The van der Waals surface area contributed by atoms with Crippen molar-refractivity contribution in [2.45, 2.75) is 32.6 Å². The van der Waals surface area contributed by atoms with Crippen molar-refractivity contribution in [3.05, 3.63) is 35.1 Å². The number of amides is 1. The van der Waals surface area contributed by atoms with E-state index in [1.165, 1.54) is 4.90 Å². The molecule has 0 saturated heterocycles. The van der Waals surface area contributed by atoms with Gasteiger partial charge < -0.3 is 10.4 Å². The average molecular weight is 350 g/mol. The van der Waals surface area contributed by atoms with Gasteiger partial charge in [0.25, 0.3) is 0 Å². The van der Waals surface area contributed by atoms with Crippen molar-refractivity contribution in [2.24, 2.45) is 0 Å². The number of carbonyl (C=O) groups excluding carboxylic acids is 1. The number of benzene rings is 1. The monoisotopic (exact) mass is 350 g/mol. The standard InChI is InChI=1S/C15H18F4N2O3/c1-9(2)21(8-14(23)24)7-13(22)20-6-10-3-4-11(16)5-12(10)15(17,18)19/h3-5,9H,6-8H2,1-2H3,(H,20,22)(H,23,24). The first-order valence-electron chi connectivity index (χ1n) is 7.09. The molecule has 0 unspecified atom stereocenters. The molecule has 0 atom stereocenters. The van der Waals surface area contributed by atoms with Gasteiger partial charge in [0.1, 0.15) is 5.82 Å². The van der Waals surface area contributed by atoms with E-state index in [9.17, 15) is 27.2 Å². The summed E-state index contributed by atoms with van der Waals surface area (Å²) in [6.45, 7) is 2.31. The molecule has 0 aliphatic carbocycles. The van der Waals surface area contributed by atoms with Crippen LogP contribution in [-0.2, 0) is 22.3 Å². The highest BCUT2D eigenvalue weighted by Crippen LogP contribution is 2.32. The molecule has 0 radical (unpaired) electrons. The molecule has 24 heavy (non-hydrogen) atoms. The fourth-order valence-electron chi connectivity index (χ4n) is 2.00. The van der Waals surface area contributed by atoms with E-state index in [0.717, 1.165) is 12.1 Å². The summed E-state index contributed by atoms with van der Waals surface area (Å²) in [4.78, 5) is 23.9. The van der Waals surface area contributed by atoms with Crippen LogP contribution in [0.5, 0.6) is 0 Å². The highest BCUT2D eigenvalue weighted by atomic mass is 19.4. The van der Waals surface area contributed by atoms with Gasteiger partial charge in [-0.1, -0.05) is 6.07 Å². The Kier molecular flexibility index (Phi) is 6.70. The third kappa shape index (κ3) is 6.15. The summed E-state index contributed by atoms with van der Waals surface area (Å²) in [6.07, 6.45) is -4.74. The van der Waals surface area contributed by atoms with Gasteiger partial charge in [-0.3, -0.25) is 14.5 Å². The van der Waals surface area contributed by atoms with Gasteiger partial charge in [-0.2, -0.15) is 13.2 Å². The minimum Gasteiger partial charge on any atom is -0.480 e. The van der Waals surface area contributed by atoms with Crippen molar-refractivity contribution in [2.75, 3.05) is 13.1 Å². The molecule has 1 amide bonds. The fourth-order valence-corrected chi connectivity index (χ4v) is 2.00. The van der Waals surface area contributed by atoms with Crippen LogP contribution in [0.15, 0.2) is 18.2 Å². The predicted molar refractivity (Wildman–Crippen MR) is 77.6 cm³/mol. The maximum atomic E-state index is 13.0. The van der Waals surface area contributed by atoms with Crippen LogP contribution in [0.25, 0.3) is 0 Å². The number of carbonyl (C=O) groups is 2. The zero-order valence-corrected chi connectivity index (χ0v) is 13.2. The smallest absolute Gasteiger partial charge is 0.416 e. The van der Waals surface area contributed by atoms with Gasteiger partial charge in [-0.15, -0.1) is 0 Å². The second-order valence-corrected chi connectivity index (χ2v) is 5.47. The molecule has 0 spiro atoms. The number of nitrogens with one attached hydrogen (secondary N) is 1. The number of alkyl halides is 3. The van der Waals surface area contributed by atoms with Gasteiger partial charge in [-0.25, -0.2) is 4.39 Å². The normalized spacial score (nSPS) is 11.8. The van der Waals surface area contributed by atoms with E-state index >= 15 is 0 Å². The first-order valence-corrected chi connectivity index (χ1v) is 7.09. The third-order valence-electron chi connectivity index (χ3n) is 3.27. The summed E-state index contributed by atoms with van der Waals surface area (Å²) in [5, 5.41) is 11.1. The maximum absolute atomic E-state index is 13.0. The Labute approximate surface area is 136 Å². The lowest BCUT2D eigenvalue weighted by atomic mass is 10.1. The molecule has 0 heterocycles. The van der Waals surface area contributed by atoms with Crippen LogP contribution in [0.1, 0.15) is 25.0 Å². The molecule has 0 bridgehead atoms. The molecule has 1 aromatic carbocycles. The van der Waals surface area contributed by atoms with Gasteiger partial charge in [-0.05, 0) is 31.5 Å². The molecule has 5 nitrogen and oxygen atoms in total. The minimum atomic E-state index is -4.74. The zero-order chi connectivity index (χ0) is 18.5. The number of carboxylic acids is 1. The Bertz CT molecular complexity index is 603. The Morgan fingerprint density at radius 1 is 1.25 bits per heavy atom. The van der Waals surface area contributed by atoms with E-state index in [0.29, 0.717) is 6.07 Å². The maximum Gasteiger partial charge on any atom is 0.416 e. The van der Waals surface area contributed by atoms with E-state index in [4.69, 9.17) is 5.11 Å². The molecule has 134 valence electrons. The highest BCUT2D eigenvalue weighted by Gasteiger charge is 2.33. The molecule has 0 aliphatic rings.